The lowest BCUT2D eigenvalue weighted by Gasteiger charge is -2.03. The molecule has 0 aliphatic rings. The fraction of sp³-hybridized carbons (Fsp3) is 0. The molecule has 0 unspecified atom stereocenters. The molecule has 0 aliphatic carbocycles. The largest absolute Gasteiger partial charge is 0.338 e. The van der Waals surface area contributed by atoms with Crippen LogP contribution in [0.5, 0.6) is 0 Å². The molecular formula is C19H12Br2N2O. The van der Waals surface area contributed by atoms with Crippen LogP contribution in [0.15, 0.2) is 86.5 Å². The summed E-state index contributed by atoms with van der Waals surface area (Å²) in [6, 6.07) is 23.3. The van der Waals surface area contributed by atoms with E-state index < -0.39 is 0 Å². The van der Waals surface area contributed by atoms with Crippen molar-refractivity contribution in [2.24, 2.45) is 0 Å². The van der Waals surface area contributed by atoms with Crippen LogP contribution < -0.4 is 5.69 Å². The molecule has 0 N–H and O–H groups in total. The van der Waals surface area contributed by atoms with E-state index in [1.807, 2.05) is 72.8 Å². The van der Waals surface area contributed by atoms with Crippen LogP contribution >= 0.6 is 31.9 Å². The molecule has 0 aliphatic heterocycles. The number of para-hydroxylation sites is 2. The maximum atomic E-state index is 13.2. The minimum atomic E-state index is -0.0826. The first-order valence-corrected chi connectivity index (χ1v) is 8.98. The van der Waals surface area contributed by atoms with E-state index in [1.54, 1.807) is 9.13 Å². The van der Waals surface area contributed by atoms with Crippen molar-refractivity contribution in [2.75, 3.05) is 0 Å². The summed E-state index contributed by atoms with van der Waals surface area (Å²) in [4.78, 5) is 13.2. The normalized spacial score (nSPS) is 11.1. The number of rotatable bonds is 2. The maximum absolute atomic E-state index is 13.2. The van der Waals surface area contributed by atoms with Crippen LogP contribution in [0.4, 0.5) is 0 Å². The van der Waals surface area contributed by atoms with E-state index >= 15 is 0 Å². The Hall–Kier alpha value is -2.11. The maximum Gasteiger partial charge on any atom is 0.338 e. The first kappa shape index (κ1) is 15.4. The molecule has 3 aromatic carbocycles. The standard InChI is InChI=1S/C19H12Br2N2O/c20-13-5-9-15(10-6-13)22-17-3-1-2-4-18(17)23(19(22)24)16-11-7-14(21)8-12-16/h1-12H. The molecule has 4 aromatic rings. The number of fused-ring (bicyclic) bond motifs is 1. The van der Waals surface area contributed by atoms with Gasteiger partial charge in [-0.1, -0.05) is 44.0 Å². The zero-order valence-corrected chi connectivity index (χ0v) is 15.7. The average Bonchev–Trinajstić information content (AvgIpc) is 2.89. The lowest BCUT2D eigenvalue weighted by molar-refractivity contribution is 0.930. The molecule has 0 saturated carbocycles. The zero-order valence-electron chi connectivity index (χ0n) is 12.5. The fourth-order valence-electron chi connectivity index (χ4n) is 2.83. The van der Waals surface area contributed by atoms with E-state index in [4.69, 9.17) is 0 Å². The van der Waals surface area contributed by atoms with Crippen molar-refractivity contribution in [3.63, 3.8) is 0 Å². The molecule has 0 radical (unpaired) electrons. The topological polar surface area (TPSA) is 26.9 Å². The van der Waals surface area contributed by atoms with Gasteiger partial charge in [0, 0.05) is 8.95 Å². The number of imidazole rings is 1. The number of aromatic nitrogens is 2. The summed E-state index contributed by atoms with van der Waals surface area (Å²) in [5.74, 6) is 0. The molecule has 0 spiro atoms. The predicted molar refractivity (Wildman–Crippen MR) is 104 cm³/mol. The Labute approximate surface area is 155 Å². The van der Waals surface area contributed by atoms with E-state index in [9.17, 15) is 4.79 Å². The molecule has 4 rings (SSSR count). The minimum Gasteiger partial charge on any atom is -0.260 e. The summed E-state index contributed by atoms with van der Waals surface area (Å²) in [5, 5.41) is 0. The van der Waals surface area contributed by atoms with E-state index in [2.05, 4.69) is 31.9 Å². The van der Waals surface area contributed by atoms with E-state index in [1.165, 1.54) is 0 Å². The molecule has 0 bridgehead atoms. The fourth-order valence-corrected chi connectivity index (χ4v) is 3.36. The monoisotopic (exact) mass is 442 g/mol. The Kier molecular flexibility index (Phi) is 3.90. The number of hydrogen-bond donors (Lipinski definition) is 0. The van der Waals surface area contributed by atoms with Gasteiger partial charge in [-0.2, -0.15) is 0 Å². The van der Waals surface area contributed by atoms with Gasteiger partial charge in [0.1, 0.15) is 0 Å². The third-order valence-electron chi connectivity index (χ3n) is 3.92. The Bertz CT molecular complexity index is 992. The van der Waals surface area contributed by atoms with Crippen LogP contribution in [-0.4, -0.2) is 9.13 Å². The molecule has 5 heteroatoms. The van der Waals surface area contributed by atoms with Crippen molar-refractivity contribution in [3.8, 4) is 11.4 Å². The van der Waals surface area contributed by atoms with Gasteiger partial charge in [-0.3, -0.25) is 9.13 Å². The highest BCUT2D eigenvalue weighted by atomic mass is 79.9. The summed E-state index contributed by atoms with van der Waals surface area (Å²) in [5.41, 5.74) is 3.37. The summed E-state index contributed by atoms with van der Waals surface area (Å²) in [7, 11) is 0. The zero-order chi connectivity index (χ0) is 16.7. The molecule has 0 saturated heterocycles. The highest BCUT2D eigenvalue weighted by Crippen LogP contribution is 2.22. The molecular weight excluding hydrogens is 432 g/mol. The third-order valence-corrected chi connectivity index (χ3v) is 4.97. The summed E-state index contributed by atoms with van der Waals surface area (Å²) >= 11 is 6.88. The number of benzene rings is 3. The minimum absolute atomic E-state index is 0.0826. The van der Waals surface area contributed by atoms with Crippen molar-refractivity contribution in [2.45, 2.75) is 0 Å². The van der Waals surface area contributed by atoms with Gasteiger partial charge >= 0.3 is 5.69 Å². The van der Waals surface area contributed by atoms with Crippen molar-refractivity contribution < 1.29 is 0 Å². The molecule has 0 amide bonds. The van der Waals surface area contributed by atoms with Crippen LogP contribution in [0.3, 0.4) is 0 Å². The van der Waals surface area contributed by atoms with Gasteiger partial charge in [0.25, 0.3) is 0 Å². The molecule has 0 fully saturated rings. The van der Waals surface area contributed by atoms with Crippen LogP contribution in [0.2, 0.25) is 0 Å². The Balaban J connectivity index is 2.06. The molecule has 118 valence electrons. The molecule has 24 heavy (non-hydrogen) atoms. The lowest BCUT2D eigenvalue weighted by atomic mass is 10.2. The van der Waals surface area contributed by atoms with Gasteiger partial charge < -0.3 is 0 Å². The predicted octanol–water partition coefficient (Wildman–Crippen LogP) is 5.31. The Morgan fingerprint density at radius 3 is 1.33 bits per heavy atom. The van der Waals surface area contributed by atoms with Crippen LogP contribution in [0.1, 0.15) is 0 Å². The van der Waals surface area contributed by atoms with Gasteiger partial charge in [0.05, 0.1) is 22.4 Å². The molecule has 1 aromatic heterocycles. The lowest BCUT2D eigenvalue weighted by Crippen LogP contribution is -2.22. The van der Waals surface area contributed by atoms with Crippen molar-refractivity contribution in [1.29, 1.82) is 0 Å². The second kappa shape index (κ2) is 6.07. The van der Waals surface area contributed by atoms with Gasteiger partial charge in [-0.15, -0.1) is 0 Å². The van der Waals surface area contributed by atoms with E-state index in [-0.39, 0.29) is 5.69 Å². The van der Waals surface area contributed by atoms with E-state index in [0.29, 0.717) is 0 Å². The van der Waals surface area contributed by atoms with Crippen molar-refractivity contribution in [3.05, 3.63) is 92.2 Å². The van der Waals surface area contributed by atoms with Crippen molar-refractivity contribution in [1.82, 2.24) is 9.13 Å². The summed E-state index contributed by atoms with van der Waals surface area (Å²) in [6.07, 6.45) is 0. The first-order chi connectivity index (χ1) is 11.6. The quantitative estimate of drug-likeness (QED) is 0.412. The first-order valence-electron chi connectivity index (χ1n) is 7.39. The smallest absolute Gasteiger partial charge is 0.260 e. The SMILES string of the molecule is O=c1n(-c2ccc(Br)cc2)c2ccccc2n1-c1ccc(Br)cc1. The average molecular weight is 444 g/mol. The van der Waals surface area contributed by atoms with Gasteiger partial charge in [-0.05, 0) is 60.7 Å². The number of halogens is 2. The van der Waals surface area contributed by atoms with Crippen LogP contribution in [-0.2, 0) is 0 Å². The highest BCUT2D eigenvalue weighted by Gasteiger charge is 2.15. The van der Waals surface area contributed by atoms with Crippen molar-refractivity contribution >= 4 is 42.9 Å². The number of hydrogen-bond acceptors (Lipinski definition) is 1. The highest BCUT2D eigenvalue weighted by molar-refractivity contribution is 9.10. The van der Waals surface area contributed by atoms with Crippen LogP contribution in [0, 0.1) is 0 Å². The second-order valence-electron chi connectivity index (χ2n) is 5.39. The second-order valence-corrected chi connectivity index (χ2v) is 7.23. The van der Waals surface area contributed by atoms with Crippen LogP contribution in [0.25, 0.3) is 22.4 Å². The van der Waals surface area contributed by atoms with E-state index in [0.717, 1.165) is 31.4 Å². The molecule has 3 nitrogen and oxygen atoms in total. The summed E-state index contributed by atoms with van der Waals surface area (Å²) in [6.45, 7) is 0. The van der Waals surface area contributed by atoms with Gasteiger partial charge in [0.2, 0.25) is 0 Å². The molecule has 1 heterocycles. The number of nitrogens with zero attached hydrogens (tertiary/aromatic N) is 2. The summed E-state index contributed by atoms with van der Waals surface area (Å²) < 4.78 is 5.44. The Morgan fingerprint density at radius 2 is 0.958 bits per heavy atom. The third kappa shape index (κ3) is 2.54. The molecule has 0 atom stereocenters. The Morgan fingerprint density at radius 1 is 0.583 bits per heavy atom. The van der Waals surface area contributed by atoms with Gasteiger partial charge in [-0.25, -0.2) is 4.79 Å². The van der Waals surface area contributed by atoms with Gasteiger partial charge in [0.15, 0.2) is 0 Å².